The summed E-state index contributed by atoms with van der Waals surface area (Å²) in [7, 11) is -3.56. The Morgan fingerprint density at radius 2 is 1.54 bits per heavy atom. The Morgan fingerprint density at radius 1 is 0.943 bits per heavy atom. The average Bonchev–Trinajstić information content (AvgIpc) is 2.84. The number of para-hydroxylation sites is 3. The smallest absolute Gasteiger partial charge is 0.422 e. The monoisotopic (exact) mass is 517 g/mol. The summed E-state index contributed by atoms with van der Waals surface area (Å²) in [5, 5.41) is 0. The van der Waals surface area contributed by atoms with Crippen LogP contribution in [0.5, 0.6) is 5.75 Å². The molecular weight excluding hydrogens is 489 g/mol. The van der Waals surface area contributed by atoms with E-state index in [1.165, 1.54) is 40.7 Å². The Hall–Kier alpha value is -3.33. The fraction of sp³-hybridized carbons (Fsp3) is 0.208. The number of ether oxygens (including phenoxy) is 1. The number of hydrogen-bond donors (Lipinski definition) is 1. The van der Waals surface area contributed by atoms with Crippen LogP contribution >= 0.6 is 7.67 Å². The third-order valence-electron chi connectivity index (χ3n) is 5.05. The molecule has 0 aliphatic heterocycles. The molecule has 0 bridgehead atoms. The van der Waals surface area contributed by atoms with Crippen molar-refractivity contribution in [2.75, 3.05) is 37.1 Å². The quantitative estimate of drug-likeness (QED) is 0.309. The van der Waals surface area contributed by atoms with E-state index >= 15 is 0 Å². The van der Waals surface area contributed by atoms with Gasteiger partial charge in [-0.3, -0.25) is 14.2 Å². The largest absolute Gasteiger partial charge is 0.468 e. The molecule has 1 N–H and O–H groups in total. The number of methoxy groups -OCH3 is 1. The molecule has 0 spiro atoms. The van der Waals surface area contributed by atoms with Crippen molar-refractivity contribution < 1.29 is 27.0 Å². The zero-order valence-corrected chi connectivity index (χ0v) is 21.6. The minimum absolute atomic E-state index is 0.0333. The molecule has 0 radical (unpaired) electrons. The number of esters is 1. The number of benzene rings is 3. The highest BCUT2D eigenvalue weighted by molar-refractivity contribution is 7.92. The lowest BCUT2D eigenvalue weighted by atomic mass is 10.2. The molecule has 0 heterocycles. The molecule has 1 unspecified atom stereocenters. The number of carbonyl (C=O) groups is 1. The maximum absolute atomic E-state index is 14.3. The Bertz CT molecular complexity index is 1310. The summed E-state index contributed by atoms with van der Waals surface area (Å²) in [5.74, 6) is -0.584. The molecule has 186 valence electrons. The summed E-state index contributed by atoms with van der Waals surface area (Å²) in [6.07, 6.45) is 0. The number of rotatable bonds is 10. The molecule has 1 atom stereocenters. The van der Waals surface area contributed by atoms with Gasteiger partial charge in [0.15, 0.2) is 5.75 Å². The normalized spacial score (nSPS) is 13.1. The van der Waals surface area contributed by atoms with E-state index in [9.17, 15) is 17.8 Å². The lowest BCUT2D eigenvalue weighted by Crippen LogP contribution is -2.35. The highest BCUT2D eigenvalue weighted by Crippen LogP contribution is 2.55. The fourth-order valence-corrected chi connectivity index (χ4v) is 6.04. The van der Waals surface area contributed by atoms with Gasteiger partial charge in [0.2, 0.25) is 0 Å². The summed E-state index contributed by atoms with van der Waals surface area (Å²) in [4.78, 5) is 12.3. The van der Waals surface area contributed by atoms with Crippen molar-refractivity contribution in [2.45, 2.75) is 11.8 Å². The summed E-state index contributed by atoms with van der Waals surface area (Å²) in [5.41, 5.74) is 1.49. The summed E-state index contributed by atoms with van der Waals surface area (Å²) >= 11 is 0. The van der Waals surface area contributed by atoms with Crippen molar-refractivity contribution in [2.24, 2.45) is 0 Å². The number of hydrogen-bond acceptors (Lipinski definition) is 6. The van der Waals surface area contributed by atoms with Crippen molar-refractivity contribution in [3.63, 3.8) is 0 Å². The zero-order chi connectivity index (χ0) is 25.6. The van der Waals surface area contributed by atoms with Crippen LogP contribution in [0.25, 0.3) is 0 Å². The number of carbonyl (C=O) groups excluding carboxylic acids is 1. The van der Waals surface area contributed by atoms with Gasteiger partial charge in [-0.15, -0.1) is 0 Å². The molecule has 0 saturated carbocycles. The van der Waals surface area contributed by atoms with Gasteiger partial charge in [-0.1, -0.05) is 48.0 Å². The molecule has 3 aromatic carbocycles. The Kier molecular flexibility index (Phi) is 8.22. The highest BCUT2D eigenvalue weighted by Gasteiger charge is 2.39. The van der Waals surface area contributed by atoms with Crippen molar-refractivity contribution in [3.05, 3.63) is 84.4 Å². The standard InChI is InChI=1S/C24H28N3O6PS/c1-19-14-16-21(17-15-19)35(30,31)25-22-12-8-9-13-23(22)33-34(29,26(2)3)27(18-24(28)32-4)20-10-6-5-7-11-20/h5-17,25H,18H2,1-4H3. The molecule has 9 nitrogen and oxygen atoms in total. The molecule has 3 aromatic rings. The lowest BCUT2D eigenvalue weighted by Gasteiger charge is -2.35. The van der Waals surface area contributed by atoms with Crippen LogP contribution in [-0.2, 0) is 24.1 Å². The van der Waals surface area contributed by atoms with Crippen LogP contribution in [0.2, 0.25) is 0 Å². The van der Waals surface area contributed by atoms with Gasteiger partial charge < -0.3 is 9.26 Å². The predicted octanol–water partition coefficient (Wildman–Crippen LogP) is 4.52. The van der Waals surface area contributed by atoms with Gasteiger partial charge in [-0.25, -0.2) is 17.7 Å². The highest BCUT2D eigenvalue weighted by atomic mass is 32.2. The number of anilines is 2. The maximum atomic E-state index is 14.3. The molecule has 3 rings (SSSR count). The van der Waals surface area contributed by atoms with Crippen molar-refractivity contribution in [3.8, 4) is 5.75 Å². The van der Waals surface area contributed by atoms with Gasteiger partial charge in [0.1, 0.15) is 6.54 Å². The zero-order valence-electron chi connectivity index (χ0n) is 19.9. The second kappa shape index (κ2) is 10.9. The van der Waals surface area contributed by atoms with Crippen LogP contribution in [0.1, 0.15) is 5.56 Å². The van der Waals surface area contributed by atoms with Crippen LogP contribution in [0, 0.1) is 6.92 Å². The number of nitrogens with one attached hydrogen (secondary N) is 1. The van der Waals surface area contributed by atoms with E-state index in [1.54, 1.807) is 68.7 Å². The van der Waals surface area contributed by atoms with Crippen molar-refractivity contribution in [1.82, 2.24) is 4.67 Å². The summed E-state index contributed by atoms with van der Waals surface area (Å²) in [6, 6.07) is 21.3. The molecule has 35 heavy (non-hydrogen) atoms. The van der Waals surface area contributed by atoms with Crippen LogP contribution in [0.4, 0.5) is 11.4 Å². The van der Waals surface area contributed by atoms with Gasteiger partial charge in [-0.2, -0.15) is 0 Å². The van der Waals surface area contributed by atoms with Gasteiger partial charge >= 0.3 is 13.6 Å². The van der Waals surface area contributed by atoms with Crippen molar-refractivity contribution in [1.29, 1.82) is 0 Å². The Morgan fingerprint density at radius 3 is 2.14 bits per heavy atom. The molecule has 0 aliphatic rings. The summed E-state index contributed by atoms with van der Waals surface area (Å²) < 4.78 is 56.3. The third kappa shape index (κ3) is 6.22. The number of sulfonamides is 1. The van der Waals surface area contributed by atoms with Gasteiger partial charge in [0.25, 0.3) is 10.0 Å². The first kappa shape index (κ1) is 26.3. The van der Waals surface area contributed by atoms with Gasteiger partial charge in [0.05, 0.1) is 17.7 Å². The molecule has 11 heteroatoms. The van der Waals surface area contributed by atoms with E-state index in [0.717, 1.165) is 5.56 Å². The van der Waals surface area contributed by atoms with Crippen molar-refractivity contribution >= 4 is 35.0 Å². The first-order valence-electron chi connectivity index (χ1n) is 10.6. The van der Waals surface area contributed by atoms with E-state index in [0.29, 0.717) is 5.69 Å². The van der Waals surface area contributed by atoms with Crippen LogP contribution in [0.15, 0.2) is 83.8 Å². The second-order valence-corrected chi connectivity index (χ2v) is 11.9. The molecule has 0 amide bonds. The fourth-order valence-electron chi connectivity index (χ4n) is 3.14. The Labute approximate surface area is 205 Å². The first-order valence-corrected chi connectivity index (χ1v) is 13.6. The Balaban J connectivity index is 2.02. The van der Waals surface area contributed by atoms with Gasteiger partial charge in [0, 0.05) is 5.69 Å². The van der Waals surface area contributed by atoms with E-state index in [1.807, 2.05) is 6.92 Å². The van der Waals surface area contributed by atoms with E-state index in [4.69, 9.17) is 9.26 Å². The molecule has 0 aromatic heterocycles. The van der Waals surface area contributed by atoms with E-state index in [-0.39, 0.29) is 22.9 Å². The lowest BCUT2D eigenvalue weighted by molar-refractivity contribution is -0.138. The molecular formula is C24H28N3O6PS. The maximum Gasteiger partial charge on any atom is 0.422 e. The van der Waals surface area contributed by atoms with Gasteiger partial charge in [-0.05, 0) is 57.4 Å². The van der Waals surface area contributed by atoms with E-state index < -0.39 is 23.7 Å². The number of nitrogens with zero attached hydrogens (tertiary/aromatic N) is 2. The first-order chi connectivity index (χ1) is 16.6. The second-order valence-electron chi connectivity index (χ2n) is 7.81. The molecule has 0 aliphatic carbocycles. The molecule has 0 fully saturated rings. The molecule has 0 saturated heterocycles. The number of aryl methyl sites for hydroxylation is 1. The minimum atomic E-state index is -3.95. The third-order valence-corrected chi connectivity index (χ3v) is 8.86. The summed E-state index contributed by atoms with van der Waals surface area (Å²) in [6.45, 7) is 1.51. The van der Waals surface area contributed by atoms with Crippen LogP contribution in [0.3, 0.4) is 0 Å². The average molecular weight is 518 g/mol. The van der Waals surface area contributed by atoms with Crippen LogP contribution in [-0.4, -0.2) is 46.8 Å². The predicted molar refractivity (Wildman–Crippen MR) is 136 cm³/mol. The van der Waals surface area contributed by atoms with E-state index in [2.05, 4.69) is 4.72 Å². The SMILES string of the molecule is COC(=O)CN(c1ccccc1)P(=O)(Oc1ccccc1NS(=O)(=O)c1ccc(C)cc1)N(C)C. The van der Waals surface area contributed by atoms with Crippen LogP contribution < -0.4 is 13.9 Å². The minimum Gasteiger partial charge on any atom is -0.468 e. The topological polar surface area (TPSA) is 105 Å².